The van der Waals surface area contributed by atoms with Crippen molar-refractivity contribution in [2.45, 2.75) is 0 Å². The predicted octanol–water partition coefficient (Wildman–Crippen LogP) is 2.12. The number of aromatic nitrogens is 2. The van der Waals surface area contributed by atoms with Crippen molar-refractivity contribution in [3.05, 3.63) is 49.1 Å². The van der Waals surface area contributed by atoms with Gasteiger partial charge in [0.25, 0.3) is 0 Å². The Morgan fingerprint density at radius 3 is 1.56 bits per heavy atom. The summed E-state index contributed by atoms with van der Waals surface area (Å²) in [6.07, 6.45) is 6.45. The van der Waals surface area contributed by atoms with Gasteiger partial charge in [-0.15, -0.1) is 0 Å². The van der Waals surface area contributed by atoms with E-state index in [1.807, 2.05) is 0 Å². The van der Waals surface area contributed by atoms with Crippen LogP contribution < -0.4 is 10.6 Å². The minimum absolute atomic E-state index is 0.294. The van der Waals surface area contributed by atoms with Crippen LogP contribution in [0, 0.1) is 0 Å². The lowest BCUT2D eigenvalue weighted by atomic mass is 10.4. The van der Waals surface area contributed by atoms with Gasteiger partial charge in [0.2, 0.25) is 0 Å². The summed E-state index contributed by atoms with van der Waals surface area (Å²) in [4.78, 5) is 19.2. The molecule has 16 heavy (non-hydrogen) atoms. The molecule has 5 heteroatoms. The topological polar surface area (TPSA) is 66.9 Å². The molecule has 0 aromatic carbocycles. The standard InChI is InChI=1S/C11H10N4O/c16-11(14-9-1-5-12-6-2-9)15-10-3-7-13-8-4-10/h1-8H,(H2,12,13,14,15,16). The van der Waals surface area contributed by atoms with E-state index < -0.39 is 0 Å². The Kier molecular flexibility index (Phi) is 3.08. The lowest BCUT2D eigenvalue weighted by Crippen LogP contribution is -2.19. The lowest BCUT2D eigenvalue weighted by molar-refractivity contribution is 0.262. The maximum absolute atomic E-state index is 11.5. The fourth-order valence-electron chi connectivity index (χ4n) is 1.16. The summed E-state index contributed by atoms with van der Waals surface area (Å²) >= 11 is 0. The van der Waals surface area contributed by atoms with Crippen molar-refractivity contribution >= 4 is 17.4 Å². The SMILES string of the molecule is O=C(Nc1ccncc1)Nc1ccncc1. The second-order valence-electron chi connectivity index (χ2n) is 3.05. The molecule has 2 rings (SSSR count). The van der Waals surface area contributed by atoms with Gasteiger partial charge >= 0.3 is 6.03 Å². The van der Waals surface area contributed by atoms with Gasteiger partial charge in [0.1, 0.15) is 0 Å². The minimum Gasteiger partial charge on any atom is -0.308 e. The van der Waals surface area contributed by atoms with E-state index in [1.54, 1.807) is 49.1 Å². The van der Waals surface area contributed by atoms with E-state index in [0.717, 1.165) is 0 Å². The molecule has 0 saturated carbocycles. The summed E-state index contributed by atoms with van der Waals surface area (Å²) in [6, 6.07) is 6.56. The average Bonchev–Trinajstić information content (AvgIpc) is 2.31. The highest BCUT2D eigenvalue weighted by Crippen LogP contribution is 2.06. The number of rotatable bonds is 2. The zero-order valence-electron chi connectivity index (χ0n) is 8.42. The number of hydrogen-bond acceptors (Lipinski definition) is 3. The second-order valence-corrected chi connectivity index (χ2v) is 3.05. The molecular weight excluding hydrogens is 204 g/mol. The van der Waals surface area contributed by atoms with Crippen LogP contribution in [0.4, 0.5) is 16.2 Å². The summed E-state index contributed by atoms with van der Waals surface area (Å²) < 4.78 is 0. The Hall–Kier alpha value is -2.43. The first kappa shape index (κ1) is 10.1. The number of urea groups is 1. The summed E-state index contributed by atoms with van der Waals surface area (Å²) in [6.45, 7) is 0. The Bertz CT molecular complexity index is 414. The Labute approximate surface area is 92.6 Å². The van der Waals surface area contributed by atoms with E-state index in [-0.39, 0.29) is 6.03 Å². The number of carbonyl (C=O) groups is 1. The van der Waals surface area contributed by atoms with Gasteiger partial charge in [-0.25, -0.2) is 4.79 Å². The van der Waals surface area contributed by atoms with Gasteiger partial charge in [-0.3, -0.25) is 9.97 Å². The van der Waals surface area contributed by atoms with Crippen molar-refractivity contribution in [3.8, 4) is 0 Å². The van der Waals surface area contributed by atoms with Crippen LogP contribution in [0.25, 0.3) is 0 Å². The predicted molar refractivity (Wildman–Crippen MR) is 61.1 cm³/mol. The third kappa shape index (κ3) is 2.78. The highest BCUT2D eigenvalue weighted by atomic mass is 16.2. The molecule has 0 fully saturated rings. The highest BCUT2D eigenvalue weighted by molar-refractivity contribution is 5.99. The number of nitrogens with zero attached hydrogens (tertiary/aromatic N) is 2. The van der Waals surface area contributed by atoms with Gasteiger partial charge in [-0.05, 0) is 24.3 Å². The van der Waals surface area contributed by atoms with Crippen LogP contribution in [0.5, 0.6) is 0 Å². The number of anilines is 2. The molecule has 2 aromatic heterocycles. The summed E-state index contributed by atoms with van der Waals surface area (Å²) in [7, 11) is 0. The van der Waals surface area contributed by atoms with Crippen molar-refractivity contribution in [3.63, 3.8) is 0 Å². The normalized spacial score (nSPS) is 9.50. The summed E-state index contributed by atoms with van der Waals surface area (Å²) in [5, 5.41) is 5.36. The number of carbonyl (C=O) groups excluding carboxylic acids is 1. The molecule has 80 valence electrons. The maximum atomic E-state index is 11.5. The van der Waals surface area contributed by atoms with Crippen molar-refractivity contribution in [1.29, 1.82) is 0 Å². The average molecular weight is 214 g/mol. The summed E-state index contributed by atoms with van der Waals surface area (Å²) in [5.74, 6) is 0. The van der Waals surface area contributed by atoms with Crippen LogP contribution in [0.1, 0.15) is 0 Å². The molecule has 0 spiro atoms. The van der Waals surface area contributed by atoms with Crippen LogP contribution in [0.15, 0.2) is 49.1 Å². The minimum atomic E-state index is -0.294. The smallest absolute Gasteiger partial charge is 0.308 e. The van der Waals surface area contributed by atoms with Gasteiger partial charge < -0.3 is 10.6 Å². The zero-order chi connectivity index (χ0) is 11.2. The molecule has 2 heterocycles. The van der Waals surface area contributed by atoms with Crippen molar-refractivity contribution in [2.24, 2.45) is 0 Å². The van der Waals surface area contributed by atoms with Gasteiger partial charge in [-0.1, -0.05) is 0 Å². The van der Waals surface area contributed by atoms with Gasteiger partial charge in [-0.2, -0.15) is 0 Å². The molecule has 2 N–H and O–H groups in total. The van der Waals surface area contributed by atoms with Crippen LogP contribution in [-0.2, 0) is 0 Å². The zero-order valence-corrected chi connectivity index (χ0v) is 8.42. The first-order valence-corrected chi connectivity index (χ1v) is 4.72. The van der Waals surface area contributed by atoms with E-state index in [1.165, 1.54) is 0 Å². The molecule has 5 nitrogen and oxygen atoms in total. The van der Waals surface area contributed by atoms with Crippen LogP contribution in [-0.4, -0.2) is 16.0 Å². The fraction of sp³-hybridized carbons (Fsp3) is 0. The summed E-state index contributed by atoms with van der Waals surface area (Å²) in [5.41, 5.74) is 1.39. The molecule has 2 amide bonds. The molecule has 0 aliphatic carbocycles. The Morgan fingerprint density at radius 1 is 0.812 bits per heavy atom. The third-order valence-electron chi connectivity index (χ3n) is 1.88. The number of pyridine rings is 2. The largest absolute Gasteiger partial charge is 0.323 e. The fourth-order valence-corrected chi connectivity index (χ4v) is 1.16. The first-order chi connectivity index (χ1) is 7.84. The number of nitrogens with one attached hydrogen (secondary N) is 2. The van der Waals surface area contributed by atoms with Gasteiger partial charge in [0.15, 0.2) is 0 Å². The monoisotopic (exact) mass is 214 g/mol. The Balaban J connectivity index is 1.95. The van der Waals surface area contributed by atoms with E-state index in [2.05, 4.69) is 20.6 Å². The number of amides is 2. The van der Waals surface area contributed by atoms with Crippen LogP contribution in [0.2, 0.25) is 0 Å². The lowest BCUT2D eigenvalue weighted by Gasteiger charge is -2.06. The molecule has 0 bridgehead atoms. The molecule has 0 aliphatic heterocycles. The van der Waals surface area contributed by atoms with E-state index in [0.29, 0.717) is 11.4 Å². The van der Waals surface area contributed by atoms with Gasteiger partial charge in [0.05, 0.1) is 0 Å². The molecule has 2 aromatic rings. The Morgan fingerprint density at radius 2 is 1.19 bits per heavy atom. The quantitative estimate of drug-likeness (QED) is 0.804. The van der Waals surface area contributed by atoms with Crippen molar-refractivity contribution in [1.82, 2.24) is 9.97 Å². The number of hydrogen-bond donors (Lipinski definition) is 2. The van der Waals surface area contributed by atoms with Crippen molar-refractivity contribution in [2.75, 3.05) is 10.6 Å². The van der Waals surface area contributed by atoms with E-state index in [4.69, 9.17) is 0 Å². The van der Waals surface area contributed by atoms with E-state index >= 15 is 0 Å². The molecular formula is C11H10N4O. The molecule has 0 saturated heterocycles. The maximum Gasteiger partial charge on any atom is 0.323 e. The third-order valence-corrected chi connectivity index (χ3v) is 1.88. The van der Waals surface area contributed by atoms with Gasteiger partial charge in [0, 0.05) is 36.2 Å². The molecule has 0 unspecified atom stereocenters. The first-order valence-electron chi connectivity index (χ1n) is 4.72. The van der Waals surface area contributed by atoms with Crippen molar-refractivity contribution < 1.29 is 4.79 Å². The van der Waals surface area contributed by atoms with E-state index in [9.17, 15) is 4.79 Å². The molecule has 0 radical (unpaired) electrons. The van der Waals surface area contributed by atoms with Crippen LogP contribution in [0.3, 0.4) is 0 Å². The highest BCUT2D eigenvalue weighted by Gasteiger charge is 2.01. The second kappa shape index (κ2) is 4.88. The molecule has 0 atom stereocenters. The van der Waals surface area contributed by atoms with Crippen LogP contribution >= 0.6 is 0 Å². The molecule has 0 aliphatic rings.